The molecule has 3 heteroatoms. The molecule has 0 atom stereocenters. The average molecular weight is 251 g/mol. The van der Waals surface area contributed by atoms with Gasteiger partial charge in [-0.2, -0.15) is 0 Å². The Bertz CT molecular complexity index is 343. The van der Waals surface area contributed by atoms with E-state index in [9.17, 15) is 4.79 Å². The second-order valence-corrected chi connectivity index (χ2v) is 4.62. The highest BCUT2D eigenvalue weighted by Gasteiger charge is 2.11. The van der Waals surface area contributed by atoms with E-state index in [-0.39, 0.29) is 6.09 Å². The highest BCUT2D eigenvalue weighted by molar-refractivity contribution is 5.71. The predicted octanol–water partition coefficient (Wildman–Crippen LogP) is 4.18. The number of rotatable bonds is 7. The zero-order chi connectivity index (χ0) is 13.4. The molecule has 1 heterocycles. The van der Waals surface area contributed by atoms with E-state index < -0.39 is 0 Å². The van der Waals surface area contributed by atoms with Crippen LogP contribution in [0.4, 0.5) is 4.79 Å². The third kappa shape index (κ3) is 4.21. The van der Waals surface area contributed by atoms with Gasteiger partial charge in [0.2, 0.25) is 0 Å². The SMILES string of the molecule is CCCCc1cn(C(=O)OCC)cc1CCCC. The second-order valence-electron chi connectivity index (χ2n) is 4.62. The lowest BCUT2D eigenvalue weighted by atomic mass is 10.0. The summed E-state index contributed by atoms with van der Waals surface area (Å²) in [4.78, 5) is 11.7. The Morgan fingerprint density at radius 1 is 1.06 bits per heavy atom. The summed E-state index contributed by atoms with van der Waals surface area (Å²) in [6, 6.07) is 0. The van der Waals surface area contributed by atoms with Crippen LogP contribution in [0.5, 0.6) is 0 Å². The Balaban J connectivity index is 2.80. The van der Waals surface area contributed by atoms with Gasteiger partial charge in [-0.25, -0.2) is 4.79 Å². The molecule has 0 unspecified atom stereocenters. The molecule has 0 amide bonds. The molecule has 3 nitrogen and oxygen atoms in total. The molecule has 0 fully saturated rings. The number of carbonyl (C=O) groups is 1. The maximum Gasteiger partial charge on any atom is 0.417 e. The molecule has 0 aromatic carbocycles. The van der Waals surface area contributed by atoms with Gasteiger partial charge >= 0.3 is 6.09 Å². The summed E-state index contributed by atoms with van der Waals surface area (Å²) in [5, 5.41) is 0. The lowest BCUT2D eigenvalue weighted by Crippen LogP contribution is -2.11. The zero-order valence-corrected chi connectivity index (χ0v) is 11.9. The van der Waals surface area contributed by atoms with Crippen molar-refractivity contribution < 1.29 is 9.53 Å². The molecule has 0 N–H and O–H groups in total. The highest BCUT2D eigenvalue weighted by atomic mass is 16.5. The van der Waals surface area contributed by atoms with E-state index in [4.69, 9.17) is 4.74 Å². The van der Waals surface area contributed by atoms with Crippen molar-refractivity contribution in [3.63, 3.8) is 0 Å². The van der Waals surface area contributed by atoms with E-state index in [0.29, 0.717) is 6.61 Å². The van der Waals surface area contributed by atoms with E-state index in [2.05, 4.69) is 13.8 Å². The van der Waals surface area contributed by atoms with E-state index in [0.717, 1.165) is 12.8 Å². The Kier molecular flexibility index (Phi) is 6.55. The standard InChI is InChI=1S/C15H25NO2/c1-4-7-9-13-11-16(15(17)18-6-3)12-14(13)10-8-5-2/h11-12H,4-10H2,1-3H3. The van der Waals surface area contributed by atoms with Crippen LogP contribution in [0.15, 0.2) is 12.4 Å². The maximum atomic E-state index is 11.7. The number of nitrogens with zero attached hydrogens (tertiary/aromatic N) is 1. The van der Waals surface area contributed by atoms with Crippen molar-refractivity contribution in [2.24, 2.45) is 0 Å². The molecular formula is C15H25NO2. The molecule has 0 aliphatic rings. The zero-order valence-electron chi connectivity index (χ0n) is 11.9. The number of hydrogen-bond acceptors (Lipinski definition) is 2. The molecule has 0 saturated carbocycles. The molecule has 102 valence electrons. The normalized spacial score (nSPS) is 10.6. The minimum absolute atomic E-state index is 0.266. The number of aromatic nitrogens is 1. The number of hydrogen-bond donors (Lipinski definition) is 0. The molecule has 0 radical (unpaired) electrons. The molecule has 1 aromatic rings. The Morgan fingerprint density at radius 2 is 1.56 bits per heavy atom. The van der Waals surface area contributed by atoms with Gasteiger partial charge in [-0.1, -0.05) is 26.7 Å². The first-order valence-electron chi connectivity index (χ1n) is 7.09. The van der Waals surface area contributed by atoms with Crippen LogP contribution in [0.2, 0.25) is 0 Å². The first kappa shape index (κ1) is 14.8. The van der Waals surface area contributed by atoms with Crippen LogP contribution in [0.25, 0.3) is 0 Å². The molecule has 0 aliphatic carbocycles. The molecule has 0 bridgehead atoms. The van der Waals surface area contributed by atoms with Gasteiger partial charge in [-0.05, 0) is 43.7 Å². The van der Waals surface area contributed by atoms with Crippen molar-refractivity contribution >= 4 is 6.09 Å². The Morgan fingerprint density at radius 3 is 1.94 bits per heavy atom. The first-order chi connectivity index (χ1) is 8.72. The van der Waals surface area contributed by atoms with E-state index in [1.54, 1.807) is 4.57 Å². The largest absolute Gasteiger partial charge is 0.449 e. The Hall–Kier alpha value is -1.25. The van der Waals surface area contributed by atoms with E-state index in [1.807, 2.05) is 19.3 Å². The van der Waals surface area contributed by atoms with Gasteiger partial charge in [-0.3, -0.25) is 4.57 Å². The van der Waals surface area contributed by atoms with Crippen LogP contribution in [0, 0.1) is 0 Å². The van der Waals surface area contributed by atoms with Gasteiger partial charge in [0.25, 0.3) is 0 Å². The molecular weight excluding hydrogens is 226 g/mol. The average Bonchev–Trinajstić information content (AvgIpc) is 2.77. The first-order valence-corrected chi connectivity index (χ1v) is 7.09. The lowest BCUT2D eigenvalue weighted by Gasteiger charge is -2.01. The van der Waals surface area contributed by atoms with Crippen molar-refractivity contribution in [1.82, 2.24) is 4.57 Å². The van der Waals surface area contributed by atoms with Crippen LogP contribution < -0.4 is 0 Å². The summed E-state index contributed by atoms with van der Waals surface area (Å²) >= 11 is 0. The summed E-state index contributed by atoms with van der Waals surface area (Å²) in [5.74, 6) is 0. The van der Waals surface area contributed by atoms with Crippen molar-refractivity contribution in [3.05, 3.63) is 23.5 Å². The van der Waals surface area contributed by atoms with Crippen molar-refractivity contribution in [3.8, 4) is 0 Å². The smallest absolute Gasteiger partial charge is 0.417 e. The van der Waals surface area contributed by atoms with Crippen molar-refractivity contribution in [1.29, 1.82) is 0 Å². The minimum atomic E-state index is -0.266. The number of aryl methyl sites for hydroxylation is 2. The molecule has 1 rings (SSSR count). The number of carbonyl (C=O) groups excluding carboxylic acids is 1. The predicted molar refractivity (Wildman–Crippen MR) is 74.1 cm³/mol. The fraction of sp³-hybridized carbons (Fsp3) is 0.667. The van der Waals surface area contributed by atoms with Gasteiger partial charge in [0.15, 0.2) is 0 Å². The second kappa shape index (κ2) is 7.96. The third-order valence-corrected chi connectivity index (χ3v) is 3.08. The molecule has 0 spiro atoms. The molecule has 1 aromatic heterocycles. The van der Waals surface area contributed by atoms with Crippen LogP contribution in [0.3, 0.4) is 0 Å². The van der Waals surface area contributed by atoms with Gasteiger partial charge < -0.3 is 4.74 Å². The maximum absolute atomic E-state index is 11.7. The third-order valence-electron chi connectivity index (χ3n) is 3.08. The van der Waals surface area contributed by atoms with Crippen molar-refractivity contribution in [2.75, 3.05) is 6.61 Å². The fourth-order valence-electron chi connectivity index (χ4n) is 2.03. The lowest BCUT2D eigenvalue weighted by molar-refractivity contribution is 0.154. The quantitative estimate of drug-likeness (QED) is 0.728. The van der Waals surface area contributed by atoms with Gasteiger partial charge in [-0.15, -0.1) is 0 Å². The Labute approximate surface area is 110 Å². The van der Waals surface area contributed by atoms with Crippen LogP contribution in [0.1, 0.15) is 57.6 Å². The van der Waals surface area contributed by atoms with E-state index >= 15 is 0 Å². The summed E-state index contributed by atoms with van der Waals surface area (Å²) in [7, 11) is 0. The van der Waals surface area contributed by atoms with Gasteiger partial charge in [0, 0.05) is 12.4 Å². The van der Waals surface area contributed by atoms with E-state index in [1.165, 1.54) is 36.8 Å². The highest BCUT2D eigenvalue weighted by Crippen LogP contribution is 2.17. The summed E-state index contributed by atoms with van der Waals surface area (Å²) < 4.78 is 6.63. The molecule has 18 heavy (non-hydrogen) atoms. The molecule has 0 saturated heterocycles. The van der Waals surface area contributed by atoms with Gasteiger partial charge in [0.05, 0.1) is 6.61 Å². The van der Waals surface area contributed by atoms with Crippen molar-refractivity contribution in [2.45, 2.75) is 59.3 Å². The topological polar surface area (TPSA) is 31.2 Å². The number of unbranched alkanes of at least 4 members (excludes halogenated alkanes) is 2. The van der Waals surface area contributed by atoms with Crippen LogP contribution >= 0.6 is 0 Å². The number of ether oxygens (including phenoxy) is 1. The fourth-order valence-corrected chi connectivity index (χ4v) is 2.03. The summed E-state index contributed by atoms with van der Waals surface area (Å²) in [6.07, 6.45) is 10.4. The van der Waals surface area contributed by atoms with Crippen LogP contribution in [-0.2, 0) is 17.6 Å². The summed E-state index contributed by atoms with van der Waals surface area (Å²) in [5.41, 5.74) is 2.61. The minimum Gasteiger partial charge on any atom is -0.449 e. The van der Waals surface area contributed by atoms with Gasteiger partial charge in [0.1, 0.15) is 0 Å². The molecule has 0 aliphatic heterocycles. The van der Waals surface area contributed by atoms with Crippen LogP contribution in [-0.4, -0.2) is 17.3 Å². The summed E-state index contributed by atoms with van der Waals surface area (Å²) in [6.45, 7) is 6.63. The monoisotopic (exact) mass is 251 g/mol.